The molecule has 1 saturated heterocycles. The second kappa shape index (κ2) is 6.49. The van der Waals surface area contributed by atoms with Crippen molar-refractivity contribution >= 4 is 5.91 Å². The van der Waals surface area contributed by atoms with Crippen LogP contribution in [0, 0.1) is 0 Å². The van der Waals surface area contributed by atoms with E-state index >= 15 is 0 Å². The van der Waals surface area contributed by atoms with E-state index in [1.54, 1.807) is 0 Å². The van der Waals surface area contributed by atoms with Crippen LogP contribution in [0.15, 0.2) is 10.9 Å². The highest BCUT2D eigenvalue weighted by molar-refractivity contribution is 5.81. The van der Waals surface area contributed by atoms with Crippen molar-refractivity contribution < 1.29 is 9.32 Å². The minimum Gasteiger partial charge on any atom is -0.343 e. The maximum Gasteiger partial charge on any atom is 0.239 e. The fraction of sp³-hybridized carbons (Fsp3) is 0.750. The van der Waals surface area contributed by atoms with Gasteiger partial charge in [0.1, 0.15) is 0 Å². The quantitative estimate of drug-likeness (QED) is 0.831. The number of piperidine rings is 1. The van der Waals surface area contributed by atoms with Crippen molar-refractivity contribution in [2.75, 3.05) is 19.6 Å². The van der Waals surface area contributed by atoms with Crippen molar-refractivity contribution in [3.63, 3.8) is 0 Å². The molecular weight excluding hydrogens is 232 g/mol. The standard InChI is InChI=1S/C12H20N4O2/c1-10(12(17)16-7-3-2-4-8-16)13-6-5-11-14-9-18-15-11/h9-10,13H,2-8H2,1H3. The molecular formula is C12H20N4O2. The monoisotopic (exact) mass is 252 g/mol. The number of hydrogen-bond acceptors (Lipinski definition) is 5. The molecule has 0 aliphatic carbocycles. The summed E-state index contributed by atoms with van der Waals surface area (Å²) in [6.45, 7) is 4.39. The first-order valence-electron chi connectivity index (χ1n) is 6.55. The van der Waals surface area contributed by atoms with E-state index in [0.29, 0.717) is 18.8 Å². The van der Waals surface area contributed by atoms with Crippen LogP contribution in [0.1, 0.15) is 32.0 Å². The number of amides is 1. The molecule has 100 valence electrons. The second-order valence-electron chi connectivity index (χ2n) is 4.66. The number of aromatic nitrogens is 2. The van der Waals surface area contributed by atoms with E-state index in [1.165, 1.54) is 12.8 Å². The lowest BCUT2D eigenvalue weighted by atomic mass is 10.1. The molecule has 1 aliphatic heterocycles. The maximum atomic E-state index is 12.1. The van der Waals surface area contributed by atoms with Gasteiger partial charge in [0.05, 0.1) is 6.04 Å². The lowest BCUT2D eigenvalue weighted by molar-refractivity contribution is -0.133. The summed E-state index contributed by atoms with van der Waals surface area (Å²) in [5.41, 5.74) is 0. The van der Waals surface area contributed by atoms with Gasteiger partial charge in [-0.25, -0.2) is 0 Å². The first-order valence-corrected chi connectivity index (χ1v) is 6.55. The van der Waals surface area contributed by atoms with Gasteiger partial charge in [0, 0.05) is 26.1 Å². The zero-order chi connectivity index (χ0) is 12.8. The molecule has 0 spiro atoms. The van der Waals surface area contributed by atoms with Crippen LogP contribution in [0.3, 0.4) is 0 Å². The van der Waals surface area contributed by atoms with Crippen molar-refractivity contribution in [3.05, 3.63) is 12.2 Å². The largest absolute Gasteiger partial charge is 0.343 e. The van der Waals surface area contributed by atoms with Crippen molar-refractivity contribution in [2.24, 2.45) is 0 Å². The Labute approximate surface area is 107 Å². The molecule has 1 amide bonds. The van der Waals surface area contributed by atoms with Crippen LogP contribution >= 0.6 is 0 Å². The Hall–Kier alpha value is -1.43. The molecule has 6 nitrogen and oxygen atoms in total. The predicted molar refractivity (Wildman–Crippen MR) is 65.9 cm³/mol. The van der Waals surface area contributed by atoms with E-state index in [2.05, 4.69) is 20.0 Å². The SMILES string of the molecule is CC(NCCc1ncon1)C(=O)N1CCCCC1. The van der Waals surface area contributed by atoms with Gasteiger partial charge in [-0.2, -0.15) is 4.98 Å². The van der Waals surface area contributed by atoms with Gasteiger partial charge in [-0.3, -0.25) is 4.79 Å². The molecule has 6 heteroatoms. The molecule has 1 atom stereocenters. The molecule has 2 heterocycles. The van der Waals surface area contributed by atoms with E-state index in [-0.39, 0.29) is 11.9 Å². The lowest BCUT2D eigenvalue weighted by Gasteiger charge is -2.29. The van der Waals surface area contributed by atoms with Crippen LogP contribution in [0.25, 0.3) is 0 Å². The Kier molecular flexibility index (Phi) is 4.69. The molecule has 0 saturated carbocycles. The topological polar surface area (TPSA) is 71.3 Å². The van der Waals surface area contributed by atoms with E-state index in [1.807, 2.05) is 11.8 Å². The third-order valence-corrected chi connectivity index (χ3v) is 3.24. The average molecular weight is 252 g/mol. The highest BCUT2D eigenvalue weighted by Crippen LogP contribution is 2.09. The minimum atomic E-state index is -0.144. The Morgan fingerprint density at radius 2 is 2.28 bits per heavy atom. The summed E-state index contributed by atoms with van der Waals surface area (Å²) in [6.07, 6.45) is 5.48. The van der Waals surface area contributed by atoms with E-state index in [4.69, 9.17) is 0 Å². The number of likely N-dealkylation sites (tertiary alicyclic amines) is 1. The first-order chi connectivity index (χ1) is 8.77. The van der Waals surface area contributed by atoms with Crippen LogP contribution in [0.4, 0.5) is 0 Å². The summed E-state index contributed by atoms with van der Waals surface area (Å²) in [7, 11) is 0. The average Bonchev–Trinajstić information content (AvgIpc) is 2.92. The maximum absolute atomic E-state index is 12.1. The number of carbonyl (C=O) groups is 1. The smallest absolute Gasteiger partial charge is 0.239 e. The minimum absolute atomic E-state index is 0.144. The number of carbonyl (C=O) groups excluding carboxylic acids is 1. The van der Waals surface area contributed by atoms with Crippen molar-refractivity contribution in [3.8, 4) is 0 Å². The molecule has 1 aromatic rings. The summed E-state index contributed by atoms with van der Waals surface area (Å²) < 4.78 is 4.65. The zero-order valence-electron chi connectivity index (χ0n) is 10.8. The fourth-order valence-electron chi connectivity index (χ4n) is 2.18. The number of hydrogen-bond donors (Lipinski definition) is 1. The molecule has 1 aliphatic rings. The van der Waals surface area contributed by atoms with E-state index < -0.39 is 0 Å². The summed E-state index contributed by atoms with van der Waals surface area (Å²) >= 11 is 0. The Bertz CT molecular complexity index is 360. The molecule has 0 aromatic carbocycles. The molecule has 1 unspecified atom stereocenters. The summed E-state index contributed by atoms with van der Waals surface area (Å²) in [5, 5.41) is 6.93. The molecule has 0 radical (unpaired) electrons. The first kappa shape index (κ1) is 13.0. The van der Waals surface area contributed by atoms with Crippen LogP contribution in [0.5, 0.6) is 0 Å². The van der Waals surface area contributed by atoms with Gasteiger partial charge in [-0.1, -0.05) is 5.16 Å². The van der Waals surface area contributed by atoms with Crippen molar-refractivity contribution in [2.45, 2.75) is 38.6 Å². The zero-order valence-corrected chi connectivity index (χ0v) is 10.8. The molecule has 18 heavy (non-hydrogen) atoms. The summed E-state index contributed by atoms with van der Waals surface area (Å²) in [5.74, 6) is 0.864. The van der Waals surface area contributed by atoms with Crippen LogP contribution in [0.2, 0.25) is 0 Å². The van der Waals surface area contributed by atoms with Gasteiger partial charge in [0.15, 0.2) is 5.82 Å². The summed E-state index contributed by atoms with van der Waals surface area (Å²) in [4.78, 5) is 18.0. The lowest BCUT2D eigenvalue weighted by Crippen LogP contribution is -2.47. The number of nitrogens with zero attached hydrogens (tertiary/aromatic N) is 3. The van der Waals surface area contributed by atoms with Crippen LogP contribution in [-0.4, -0.2) is 46.6 Å². The molecule has 1 fully saturated rings. The third-order valence-electron chi connectivity index (χ3n) is 3.24. The molecule has 2 rings (SSSR count). The van der Waals surface area contributed by atoms with Gasteiger partial charge in [0.25, 0.3) is 0 Å². The Balaban J connectivity index is 1.70. The van der Waals surface area contributed by atoms with E-state index in [0.717, 1.165) is 25.9 Å². The number of nitrogens with one attached hydrogen (secondary N) is 1. The van der Waals surface area contributed by atoms with Gasteiger partial charge in [0.2, 0.25) is 12.3 Å². The predicted octanol–water partition coefficient (Wildman–Crippen LogP) is 0.603. The van der Waals surface area contributed by atoms with Gasteiger partial charge < -0.3 is 14.7 Å². The Morgan fingerprint density at radius 3 is 2.94 bits per heavy atom. The van der Waals surface area contributed by atoms with Crippen LogP contribution < -0.4 is 5.32 Å². The van der Waals surface area contributed by atoms with Crippen molar-refractivity contribution in [1.29, 1.82) is 0 Å². The summed E-state index contributed by atoms with van der Waals surface area (Å²) in [6, 6.07) is -0.144. The molecule has 1 aromatic heterocycles. The molecule has 1 N–H and O–H groups in total. The normalized spacial score (nSPS) is 17.7. The highest BCUT2D eigenvalue weighted by Gasteiger charge is 2.21. The van der Waals surface area contributed by atoms with Gasteiger partial charge in [-0.15, -0.1) is 0 Å². The van der Waals surface area contributed by atoms with Crippen LogP contribution in [-0.2, 0) is 11.2 Å². The third kappa shape index (κ3) is 3.53. The second-order valence-corrected chi connectivity index (χ2v) is 4.66. The highest BCUT2D eigenvalue weighted by atomic mass is 16.5. The fourth-order valence-corrected chi connectivity index (χ4v) is 2.18. The van der Waals surface area contributed by atoms with Crippen molar-refractivity contribution in [1.82, 2.24) is 20.4 Å². The molecule has 0 bridgehead atoms. The number of rotatable bonds is 5. The van der Waals surface area contributed by atoms with E-state index in [9.17, 15) is 4.79 Å². The Morgan fingerprint density at radius 1 is 1.50 bits per heavy atom. The van der Waals surface area contributed by atoms with Gasteiger partial charge >= 0.3 is 0 Å². The van der Waals surface area contributed by atoms with Gasteiger partial charge in [-0.05, 0) is 26.2 Å².